The van der Waals surface area contributed by atoms with Crippen LogP contribution in [0.4, 0.5) is 13.2 Å². The molecule has 0 bridgehead atoms. The van der Waals surface area contributed by atoms with Crippen LogP contribution in [0.25, 0.3) is 0 Å². The van der Waals surface area contributed by atoms with Gasteiger partial charge in [-0.1, -0.05) is 6.08 Å². The zero-order chi connectivity index (χ0) is 8.48. The Kier molecular flexibility index (Phi) is 1.93. The molecule has 0 aromatic heterocycles. The fourth-order valence-corrected chi connectivity index (χ4v) is 0.876. The molecule has 1 nitrogen and oxygen atoms in total. The third-order valence-electron chi connectivity index (χ3n) is 1.40. The molecule has 0 aromatic carbocycles. The predicted octanol–water partition coefficient (Wildman–Crippen LogP) is 2.28. The number of hydrogen-bond acceptors (Lipinski definition) is 1. The average molecular weight is 163 g/mol. The maximum atomic E-state index is 12.0. The van der Waals surface area contributed by atoms with Crippen molar-refractivity contribution in [3.05, 3.63) is 24.0 Å². The third-order valence-corrected chi connectivity index (χ3v) is 1.40. The zero-order valence-corrected chi connectivity index (χ0v) is 6.02. The molecule has 4 heteroatoms. The summed E-state index contributed by atoms with van der Waals surface area (Å²) in [6.07, 6.45) is -0.00900. The van der Waals surface area contributed by atoms with Gasteiger partial charge < -0.3 is 4.90 Å². The molecule has 0 aromatic rings. The molecule has 0 radical (unpaired) electrons. The number of rotatable bonds is 0. The predicted molar refractivity (Wildman–Crippen MR) is 35.7 cm³/mol. The average Bonchev–Trinajstić information content (AvgIpc) is 1.86. The highest BCUT2D eigenvalue weighted by Gasteiger charge is 2.33. The Labute approximate surface area is 62.8 Å². The quantitative estimate of drug-likeness (QED) is 0.529. The molecule has 0 aliphatic carbocycles. The van der Waals surface area contributed by atoms with Gasteiger partial charge >= 0.3 is 6.18 Å². The Morgan fingerprint density at radius 1 is 1.45 bits per heavy atom. The first-order valence-corrected chi connectivity index (χ1v) is 3.16. The lowest BCUT2D eigenvalue weighted by Crippen LogP contribution is -2.17. The maximum Gasteiger partial charge on any atom is 0.414 e. The second kappa shape index (κ2) is 2.60. The summed E-state index contributed by atoms with van der Waals surface area (Å²) in [4.78, 5) is 1.40. The lowest BCUT2D eigenvalue weighted by molar-refractivity contribution is -0.0941. The molecule has 62 valence electrons. The van der Waals surface area contributed by atoms with Crippen LogP contribution >= 0.6 is 0 Å². The van der Waals surface area contributed by atoms with E-state index in [1.54, 1.807) is 13.2 Å². The van der Waals surface area contributed by atoms with Gasteiger partial charge in [0.05, 0.1) is 5.57 Å². The largest absolute Gasteiger partial charge is 0.414 e. The van der Waals surface area contributed by atoms with Gasteiger partial charge in [0, 0.05) is 13.2 Å². The van der Waals surface area contributed by atoms with Crippen LogP contribution < -0.4 is 0 Å². The molecule has 0 spiro atoms. The van der Waals surface area contributed by atoms with Gasteiger partial charge in [-0.15, -0.1) is 0 Å². The van der Waals surface area contributed by atoms with E-state index in [-0.39, 0.29) is 6.42 Å². The second-order valence-electron chi connectivity index (χ2n) is 2.41. The Bertz CT molecular complexity index is 202. The Morgan fingerprint density at radius 2 is 2.09 bits per heavy atom. The molecule has 1 aliphatic rings. The third kappa shape index (κ3) is 2.00. The van der Waals surface area contributed by atoms with E-state index in [0.29, 0.717) is 0 Å². The normalized spacial score (nSPS) is 18.5. The van der Waals surface area contributed by atoms with Crippen molar-refractivity contribution < 1.29 is 13.2 Å². The molecule has 0 atom stereocenters. The van der Waals surface area contributed by atoms with Crippen molar-refractivity contribution in [1.29, 1.82) is 0 Å². The zero-order valence-electron chi connectivity index (χ0n) is 6.02. The van der Waals surface area contributed by atoms with Gasteiger partial charge in [-0.2, -0.15) is 13.2 Å². The highest BCUT2D eigenvalue weighted by Crippen LogP contribution is 2.30. The first kappa shape index (κ1) is 8.17. The first-order chi connectivity index (χ1) is 5.00. The molecule has 0 unspecified atom stereocenters. The van der Waals surface area contributed by atoms with E-state index in [1.807, 2.05) is 0 Å². The molecule has 0 N–H and O–H groups in total. The van der Waals surface area contributed by atoms with Crippen molar-refractivity contribution in [1.82, 2.24) is 4.90 Å². The summed E-state index contributed by atoms with van der Waals surface area (Å²) in [7, 11) is 1.57. The van der Waals surface area contributed by atoms with Crippen LogP contribution in [0.15, 0.2) is 24.0 Å². The lowest BCUT2D eigenvalue weighted by Gasteiger charge is -2.18. The molecule has 0 fully saturated rings. The number of alkyl halides is 3. The Morgan fingerprint density at radius 3 is 2.45 bits per heavy atom. The summed E-state index contributed by atoms with van der Waals surface area (Å²) in [5, 5.41) is 0. The van der Waals surface area contributed by atoms with Crippen molar-refractivity contribution >= 4 is 0 Å². The van der Waals surface area contributed by atoms with Crippen molar-refractivity contribution in [2.24, 2.45) is 0 Å². The van der Waals surface area contributed by atoms with E-state index in [0.717, 1.165) is 6.20 Å². The molecular weight excluding hydrogens is 155 g/mol. The molecule has 0 amide bonds. The second-order valence-corrected chi connectivity index (χ2v) is 2.41. The van der Waals surface area contributed by atoms with Gasteiger partial charge in [-0.05, 0) is 12.6 Å². The van der Waals surface area contributed by atoms with Crippen molar-refractivity contribution in [2.75, 3.05) is 7.05 Å². The van der Waals surface area contributed by atoms with Gasteiger partial charge in [-0.3, -0.25) is 0 Å². The summed E-state index contributed by atoms with van der Waals surface area (Å²) in [6.45, 7) is 0. The minimum absolute atomic E-state index is 0.0200. The van der Waals surface area contributed by atoms with Gasteiger partial charge in [0.2, 0.25) is 0 Å². The smallest absolute Gasteiger partial charge is 0.357 e. The van der Waals surface area contributed by atoms with Gasteiger partial charge in [0.25, 0.3) is 0 Å². The summed E-state index contributed by atoms with van der Waals surface area (Å²) in [5.74, 6) is 0. The van der Waals surface area contributed by atoms with E-state index in [2.05, 4.69) is 0 Å². The van der Waals surface area contributed by atoms with E-state index < -0.39 is 11.7 Å². The molecule has 11 heavy (non-hydrogen) atoms. The molecular formula is C7H8F3N. The van der Waals surface area contributed by atoms with Gasteiger partial charge in [0.15, 0.2) is 0 Å². The summed E-state index contributed by atoms with van der Waals surface area (Å²) < 4.78 is 36.0. The van der Waals surface area contributed by atoms with Crippen LogP contribution in [-0.4, -0.2) is 18.1 Å². The molecule has 0 saturated carbocycles. The number of nitrogens with zero attached hydrogens (tertiary/aromatic N) is 1. The number of allylic oxidation sites excluding steroid dienone is 2. The fourth-order valence-electron chi connectivity index (χ4n) is 0.876. The topological polar surface area (TPSA) is 3.24 Å². The molecule has 0 saturated heterocycles. The molecule has 1 aliphatic heterocycles. The maximum absolute atomic E-state index is 12.0. The van der Waals surface area contributed by atoms with E-state index in [1.165, 1.54) is 11.0 Å². The standard InChI is InChI=1S/C7H8F3N/c1-11-4-2-3-6(5-11)7(8,9)10/h2,4-5H,3H2,1H3. The van der Waals surface area contributed by atoms with E-state index >= 15 is 0 Å². The molecule has 1 rings (SSSR count). The van der Waals surface area contributed by atoms with Crippen molar-refractivity contribution in [3.8, 4) is 0 Å². The van der Waals surface area contributed by atoms with Crippen LogP contribution in [0, 0.1) is 0 Å². The fraction of sp³-hybridized carbons (Fsp3) is 0.429. The summed E-state index contributed by atoms with van der Waals surface area (Å²) in [5.41, 5.74) is -0.498. The highest BCUT2D eigenvalue weighted by molar-refractivity contribution is 5.17. The number of hydrogen-bond donors (Lipinski definition) is 0. The van der Waals surface area contributed by atoms with Crippen LogP contribution in [0.5, 0.6) is 0 Å². The van der Waals surface area contributed by atoms with Crippen molar-refractivity contribution in [3.63, 3.8) is 0 Å². The minimum Gasteiger partial charge on any atom is -0.357 e. The number of halogens is 3. The van der Waals surface area contributed by atoms with E-state index in [9.17, 15) is 13.2 Å². The van der Waals surface area contributed by atoms with Gasteiger partial charge in [0.1, 0.15) is 0 Å². The SMILES string of the molecule is CN1C=CCC(C(F)(F)F)=C1. The van der Waals surface area contributed by atoms with Crippen LogP contribution in [0.2, 0.25) is 0 Å². The minimum atomic E-state index is -4.18. The summed E-state index contributed by atoms with van der Waals surface area (Å²) in [6, 6.07) is 0. The highest BCUT2D eigenvalue weighted by atomic mass is 19.4. The Hall–Kier alpha value is -0.930. The molecule has 1 heterocycles. The monoisotopic (exact) mass is 163 g/mol. The van der Waals surface area contributed by atoms with Crippen LogP contribution in [0.1, 0.15) is 6.42 Å². The lowest BCUT2D eigenvalue weighted by atomic mass is 10.1. The van der Waals surface area contributed by atoms with Gasteiger partial charge in [-0.25, -0.2) is 0 Å². The van der Waals surface area contributed by atoms with E-state index in [4.69, 9.17) is 0 Å². The first-order valence-electron chi connectivity index (χ1n) is 3.16. The van der Waals surface area contributed by atoms with Crippen LogP contribution in [0.3, 0.4) is 0 Å². The van der Waals surface area contributed by atoms with Crippen molar-refractivity contribution in [2.45, 2.75) is 12.6 Å². The van der Waals surface area contributed by atoms with Crippen LogP contribution in [-0.2, 0) is 0 Å². The Balaban J connectivity index is 2.75. The summed E-state index contributed by atoms with van der Waals surface area (Å²) >= 11 is 0.